The van der Waals surface area contributed by atoms with Gasteiger partial charge in [0.05, 0.1) is 0 Å². The largest absolute Gasteiger partial charge is 0.0805 e. The molecule has 0 saturated carbocycles. The molecule has 2 aliphatic rings. The van der Waals surface area contributed by atoms with Crippen LogP contribution in [0.4, 0.5) is 0 Å². The van der Waals surface area contributed by atoms with Crippen molar-refractivity contribution < 1.29 is 0 Å². The molecule has 0 aliphatic heterocycles. The predicted molar refractivity (Wildman–Crippen MR) is 66.5 cm³/mol. The van der Waals surface area contributed by atoms with Crippen LogP contribution in [0.3, 0.4) is 0 Å². The van der Waals surface area contributed by atoms with Gasteiger partial charge in [-0.2, -0.15) is 0 Å². The Morgan fingerprint density at radius 3 is 2.07 bits per heavy atom. The average molecular weight is 202 g/mol. The predicted octanol–water partition coefficient (Wildman–Crippen LogP) is 3.15. The van der Waals surface area contributed by atoms with E-state index in [1.165, 1.54) is 18.9 Å². The first-order valence-electron chi connectivity index (χ1n) is 5.63. The van der Waals surface area contributed by atoms with Crippen LogP contribution in [0.15, 0.2) is 47.6 Å². The van der Waals surface area contributed by atoms with Crippen LogP contribution in [0.25, 0.3) is 0 Å². The standard InChI is InChI=1S/C13H18Si/c1-2-14-13(11-7-3-4-8-11)12-9-5-6-10-12/h3-7,9,13H,2,8,10,14H2,1H3. The van der Waals surface area contributed by atoms with E-state index in [-0.39, 0.29) is 9.52 Å². The van der Waals surface area contributed by atoms with Crippen LogP contribution in [0.2, 0.25) is 11.6 Å². The number of allylic oxidation sites excluding steroid dienone is 8. The summed E-state index contributed by atoms with van der Waals surface area (Å²) in [6, 6.07) is 1.42. The Kier molecular flexibility index (Phi) is 3.20. The summed E-state index contributed by atoms with van der Waals surface area (Å²) < 4.78 is 0. The first-order chi connectivity index (χ1) is 6.92. The zero-order chi connectivity index (χ0) is 9.80. The molecule has 0 N–H and O–H groups in total. The molecule has 14 heavy (non-hydrogen) atoms. The Labute approximate surface area is 88.9 Å². The average Bonchev–Trinajstić information content (AvgIpc) is 2.87. The topological polar surface area (TPSA) is 0 Å². The Hall–Kier alpha value is -0.823. The molecule has 0 aromatic carbocycles. The highest BCUT2D eigenvalue weighted by atomic mass is 28.2. The summed E-state index contributed by atoms with van der Waals surface area (Å²) in [4.78, 5) is 0. The van der Waals surface area contributed by atoms with E-state index in [4.69, 9.17) is 0 Å². The molecule has 0 atom stereocenters. The molecule has 0 aromatic rings. The van der Waals surface area contributed by atoms with Gasteiger partial charge in [0.25, 0.3) is 0 Å². The third-order valence-corrected chi connectivity index (χ3v) is 5.28. The summed E-state index contributed by atoms with van der Waals surface area (Å²) in [7, 11) is 0.0603. The lowest BCUT2D eigenvalue weighted by Gasteiger charge is -2.18. The minimum absolute atomic E-state index is 0.0603. The highest BCUT2D eigenvalue weighted by molar-refractivity contribution is 6.40. The lowest BCUT2D eigenvalue weighted by Crippen LogP contribution is -2.07. The third-order valence-electron chi connectivity index (χ3n) is 3.07. The molecule has 0 fully saturated rings. The summed E-state index contributed by atoms with van der Waals surface area (Å²) in [5, 5.41) is 0. The monoisotopic (exact) mass is 202 g/mol. The third kappa shape index (κ3) is 1.98. The van der Waals surface area contributed by atoms with Crippen LogP contribution in [-0.4, -0.2) is 9.52 Å². The van der Waals surface area contributed by atoms with Crippen LogP contribution in [0, 0.1) is 0 Å². The maximum Gasteiger partial charge on any atom is 0.0332 e. The van der Waals surface area contributed by atoms with E-state index >= 15 is 0 Å². The van der Waals surface area contributed by atoms with Crippen LogP contribution in [0.1, 0.15) is 19.8 Å². The van der Waals surface area contributed by atoms with Crippen LogP contribution >= 0.6 is 0 Å². The van der Waals surface area contributed by atoms with Crippen molar-refractivity contribution in [1.82, 2.24) is 0 Å². The normalized spacial score (nSPS) is 20.1. The second-order valence-electron chi connectivity index (χ2n) is 4.09. The summed E-state index contributed by atoms with van der Waals surface area (Å²) in [6.45, 7) is 2.34. The minimum Gasteiger partial charge on any atom is -0.0805 e. The highest BCUT2D eigenvalue weighted by Crippen LogP contribution is 2.35. The van der Waals surface area contributed by atoms with Gasteiger partial charge in [-0.1, -0.05) is 60.6 Å². The van der Waals surface area contributed by atoms with Gasteiger partial charge in [0.15, 0.2) is 0 Å². The van der Waals surface area contributed by atoms with Crippen molar-refractivity contribution in [2.45, 2.75) is 31.4 Å². The fraction of sp³-hybridized carbons (Fsp3) is 0.385. The van der Waals surface area contributed by atoms with Gasteiger partial charge in [-0.25, -0.2) is 0 Å². The van der Waals surface area contributed by atoms with Gasteiger partial charge in [-0.15, -0.1) is 0 Å². The Bertz CT molecular complexity index is 288. The summed E-state index contributed by atoms with van der Waals surface area (Å²) in [5.41, 5.74) is 4.20. The van der Waals surface area contributed by atoms with Gasteiger partial charge >= 0.3 is 0 Å². The number of hydrogen-bond donors (Lipinski definition) is 0. The van der Waals surface area contributed by atoms with Crippen LogP contribution in [0.5, 0.6) is 0 Å². The van der Waals surface area contributed by atoms with Crippen molar-refractivity contribution >= 4 is 9.52 Å². The maximum absolute atomic E-state index is 2.34. The van der Waals surface area contributed by atoms with Crippen molar-refractivity contribution in [1.29, 1.82) is 0 Å². The fourth-order valence-electron chi connectivity index (χ4n) is 2.34. The van der Waals surface area contributed by atoms with E-state index < -0.39 is 0 Å². The second kappa shape index (κ2) is 4.60. The fourth-order valence-corrected chi connectivity index (χ4v) is 4.27. The van der Waals surface area contributed by atoms with Gasteiger partial charge in [0.1, 0.15) is 0 Å². The number of hydrogen-bond acceptors (Lipinski definition) is 0. The first-order valence-corrected chi connectivity index (χ1v) is 7.44. The SMILES string of the molecule is CC[SiH2]C(C1=CC=CC1)C1=CC=CC1. The van der Waals surface area contributed by atoms with Crippen LogP contribution < -0.4 is 0 Å². The lowest BCUT2D eigenvalue weighted by atomic mass is 10.0. The van der Waals surface area contributed by atoms with E-state index in [0.29, 0.717) is 0 Å². The zero-order valence-electron chi connectivity index (χ0n) is 8.87. The summed E-state index contributed by atoms with van der Waals surface area (Å²) >= 11 is 0. The Morgan fingerprint density at radius 2 is 1.71 bits per heavy atom. The second-order valence-corrected chi connectivity index (χ2v) is 6.48. The summed E-state index contributed by atoms with van der Waals surface area (Å²) in [6.07, 6.45) is 16.1. The Balaban J connectivity index is 2.07. The molecule has 2 aliphatic carbocycles. The highest BCUT2D eigenvalue weighted by Gasteiger charge is 2.19. The lowest BCUT2D eigenvalue weighted by molar-refractivity contribution is 1.00. The minimum atomic E-state index is 0.0603. The molecule has 1 heteroatoms. The maximum atomic E-state index is 2.34. The molecule has 0 spiro atoms. The van der Waals surface area contributed by atoms with Crippen molar-refractivity contribution in [3.63, 3.8) is 0 Å². The van der Waals surface area contributed by atoms with Crippen molar-refractivity contribution in [2.24, 2.45) is 0 Å². The molecule has 2 rings (SSSR count). The molecule has 0 bridgehead atoms. The molecule has 74 valence electrons. The number of rotatable bonds is 4. The van der Waals surface area contributed by atoms with E-state index in [9.17, 15) is 0 Å². The molecule has 0 saturated heterocycles. The van der Waals surface area contributed by atoms with Gasteiger partial charge in [-0.05, 0) is 18.4 Å². The van der Waals surface area contributed by atoms with Crippen molar-refractivity contribution in [3.05, 3.63) is 47.6 Å². The van der Waals surface area contributed by atoms with E-state index in [2.05, 4.69) is 43.4 Å². The molecule has 0 amide bonds. The quantitative estimate of drug-likeness (QED) is 0.614. The zero-order valence-corrected chi connectivity index (χ0v) is 10.3. The van der Waals surface area contributed by atoms with E-state index in [0.717, 1.165) is 5.54 Å². The van der Waals surface area contributed by atoms with Crippen molar-refractivity contribution in [3.8, 4) is 0 Å². The Morgan fingerprint density at radius 1 is 1.14 bits per heavy atom. The molecule has 0 heterocycles. The van der Waals surface area contributed by atoms with E-state index in [1.807, 2.05) is 0 Å². The molecule has 0 nitrogen and oxygen atoms in total. The summed E-state index contributed by atoms with van der Waals surface area (Å²) in [5.74, 6) is 0. The van der Waals surface area contributed by atoms with Crippen LogP contribution in [-0.2, 0) is 0 Å². The van der Waals surface area contributed by atoms with Gasteiger partial charge < -0.3 is 0 Å². The van der Waals surface area contributed by atoms with Gasteiger partial charge in [0.2, 0.25) is 0 Å². The van der Waals surface area contributed by atoms with Crippen molar-refractivity contribution in [2.75, 3.05) is 0 Å². The molecule has 0 radical (unpaired) electrons. The molecular formula is C13H18Si. The molecular weight excluding hydrogens is 184 g/mol. The van der Waals surface area contributed by atoms with Gasteiger partial charge in [-0.3, -0.25) is 0 Å². The molecule has 0 aromatic heterocycles. The smallest absolute Gasteiger partial charge is 0.0332 e. The molecule has 0 unspecified atom stereocenters. The van der Waals surface area contributed by atoms with Gasteiger partial charge in [0, 0.05) is 9.52 Å². The van der Waals surface area contributed by atoms with E-state index in [1.54, 1.807) is 11.1 Å². The first kappa shape index (κ1) is 9.72.